The smallest absolute Gasteiger partial charge is 0.406 e. The number of carbonyl (C=O) groups excluding carboxylic acids is 1. The van der Waals surface area contributed by atoms with Gasteiger partial charge in [0.25, 0.3) is 5.91 Å². The number of hydrogen-bond donors (Lipinski definition) is 1. The van der Waals surface area contributed by atoms with Crippen LogP contribution in [0.1, 0.15) is 16.8 Å². The SMILES string of the molecule is CNCCCN(C)C(=O)c1ccc(OC(F)(F)F)cc1. The minimum absolute atomic E-state index is 0.236. The van der Waals surface area contributed by atoms with Crippen LogP contribution in [0.2, 0.25) is 0 Å². The molecule has 0 bridgehead atoms. The van der Waals surface area contributed by atoms with Gasteiger partial charge in [-0.15, -0.1) is 13.2 Å². The van der Waals surface area contributed by atoms with Gasteiger partial charge in [-0.05, 0) is 44.3 Å². The summed E-state index contributed by atoms with van der Waals surface area (Å²) in [6, 6.07) is 4.89. The van der Waals surface area contributed by atoms with Crippen LogP contribution in [-0.2, 0) is 0 Å². The van der Waals surface area contributed by atoms with E-state index in [0.717, 1.165) is 25.1 Å². The van der Waals surface area contributed by atoms with Gasteiger partial charge in [0.05, 0.1) is 0 Å². The summed E-state index contributed by atoms with van der Waals surface area (Å²) in [4.78, 5) is 13.5. The maximum Gasteiger partial charge on any atom is 0.573 e. The summed E-state index contributed by atoms with van der Waals surface area (Å²) in [7, 11) is 3.47. The van der Waals surface area contributed by atoms with E-state index in [-0.39, 0.29) is 11.7 Å². The molecule has 0 aliphatic heterocycles. The molecule has 1 rings (SSSR count). The minimum atomic E-state index is -4.73. The third-order valence-corrected chi connectivity index (χ3v) is 2.60. The molecule has 20 heavy (non-hydrogen) atoms. The third kappa shape index (κ3) is 5.48. The molecule has 1 aromatic carbocycles. The summed E-state index contributed by atoms with van der Waals surface area (Å²) in [5.74, 6) is -0.577. The molecule has 0 saturated heterocycles. The lowest BCUT2D eigenvalue weighted by molar-refractivity contribution is -0.274. The van der Waals surface area contributed by atoms with Crippen LogP contribution in [0.3, 0.4) is 0 Å². The number of benzene rings is 1. The molecule has 112 valence electrons. The fraction of sp³-hybridized carbons (Fsp3) is 0.462. The second-order valence-electron chi connectivity index (χ2n) is 4.26. The lowest BCUT2D eigenvalue weighted by Gasteiger charge is -2.17. The molecular weight excluding hydrogens is 273 g/mol. The Kier molecular flexibility index (Phi) is 5.82. The predicted octanol–water partition coefficient (Wildman–Crippen LogP) is 2.27. The van der Waals surface area contributed by atoms with Crippen LogP contribution in [0, 0.1) is 0 Å². The van der Waals surface area contributed by atoms with E-state index in [1.807, 2.05) is 7.05 Å². The third-order valence-electron chi connectivity index (χ3n) is 2.60. The molecule has 0 aliphatic carbocycles. The molecule has 0 spiro atoms. The second kappa shape index (κ2) is 7.14. The van der Waals surface area contributed by atoms with E-state index in [1.165, 1.54) is 17.0 Å². The Hall–Kier alpha value is -1.76. The zero-order valence-electron chi connectivity index (χ0n) is 11.3. The van der Waals surface area contributed by atoms with Gasteiger partial charge < -0.3 is 15.0 Å². The normalized spacial score (nSPS) is 11.2. The van der Waals surface area contributed by atoms with E-state index in [9.17, 15) is 18.0 Å². The summed E-state index contributed by atoms with van der Waals surface area (Å²) < 4.78 is 39.7. The van der Waals surface area contributed by atoms with E-state index < -0.39 is 6.36 Å². The average molecular weight is 290 g/mol. The first-order valence-electron chi connectivity index (χ1n) is 6.09. The molecule has 0 radical (unpaired) electrons. The van der Waals surface area contributed by atoms with Crippen molar-refractivity contribution in [3.8, 4) is 5.75 Å². The van der Waals surface area contributed by atoms with Crippen molar-refractivity contribution in [2.75, 3.05) is 27.2 Å². The predicted molar refractivity (Wildman–Crippen MR) is 68.6 cm³/mol. The van der Waals surface area contributed by atoms with Crippen molar-refractivity contribution in [3.05, 3.63) is 29.8 Å². The highest BCUT2D eigenvalue weighted by atomic mass is 19.4. The number of carbonyl (C=O) groups is 1. The van der Waals surface area contributed by atoms with E-state index in [0.29, 0.717) is 12.1 Å². The molecule has 1 aromatic rings. The number of alkyl halides is 3. The van der Waals surface area contributed by atoms with Crippen LogP contribution in [0.15, 0.2) is 24.3 Å². The molecular formula is C13H17F3N2O2. The number of amides is 1. The van der Waals surface area contributed by atoms with Crippen molar-refractivity contribution >= 4 is 5.91 Å². The number of nitrogens with zero attached hydrogens (tertiary/aromatic N) is 1. The summed E-state index contributed by atoms with van der Waals surface area (Å²) in [5.41, 5.74) is 0.325. The van der Waals surface area contributed by atoms with Gasteiger partial charge in [0.2, 0.25) is 0 Å². The molecule has 0 saturated carbocycles. The largest absolute Gasteiger partial charge is 0.573 e. The molecule has 4 nitrogen and oxygen atoms in total. The first-order chi connectivity index (χ1) is 9.33. The number of hydrogen-bond acceptors (Lipinski definition) is 3. The molecule has 7 heteroatoms. The Bertz CT molecular complexity index is 432. The quantitative estimate of drug-likeness (QED) is 0.817. The minimum Gasteiger partial charge on any atom is -0.406 e. The van der Waals surface area contributed by atoms with Gasteiger partial charge in [0, 0.05) is 19.2 Å². The van der Waals surface area contributed by atoms with Crippen LogP contribution in [-0.4, -0.2) is 44.4 Å². The highest BCUT2D eigenvalue weighted by Gasteiger charge is 2.31. The molecule has 1 N–H and O–H groups in total. The molecule has 0 unspecified atom stereocenters. The van der Waals surface area contributed by atoms with Crippen molar-refractivity contribution in [1.29, 1.82) is 0 Å². The Labute approximate surface area is 115 Å². The fourth-order valence-electron chi connectivity index (χ4n) is 1.61. The van der Waals surface area contributed by atoms with Crippen molar-refractivity contribution in [2.24, 2.45) is 0 Å². The summed E-state index contributed by atoms with van der Waals surface area (Å²) in [6.07, 6.45) is -3.93. The van der Waals surface area contributed by atoms with E-state index >= 15 is 0 Å². The van der Waals surface area contributed by atoms with E-state index in [2.05, 4.69) is 10.1 Å². The van der Waals surface area contributed by atoms with Crippen LogP contribution < -0.4 is 10.1 Å². The number of ether oxygens (including phenoxy) is 1. The maximum absolute atomic E-state index is 12.0. The number of rotatable bonds is 6. The van der Waals surface area contributed by atoms with Crippen LogP contribution in [0.5, 0.6) is 5.75 Å². The molecule has 0 aliphatic rings. The van der Waals surface area contributed by atoms with Crippen molar-refractivity contribution in [2.45, 2.75) is 12.8 Å². The average Bonchev–Trinajstić information content (AvgIpc) is 2.37. The van der Waals surface area contributed by atoms with Crippen molar-refractivity contribution in [3.63, 3.8) is 0 Å². The summed E-state index contributed by atoms with van der Waals surface area (Å²) in [6.45, 7) is 1.36. The topological polar surface area (TPSA) is 41.6 Å². The maximum atomic E-state index is 12.0. The Morgan fingerprint density at radius 1 is 1.30 bits per heavy atom. The van der Waals surface area contributed by atoms with Gasteiger partial charge in [0.1, 0.15) is 5.75 Å². The van der Waals surface area contributed by atoms with Gasteiger partial charge in [-0.2, -0.15) is 0 Å². The summed E-state index contributed by atoms with van der Waals surface area (Å²) >= 11 is 0. The van der Waals surface area contributed by atoms with Crippen LogP contribution >= 0.6 is 0 Å². The van der Waals surface area contributed by atoms with Crippen molar-refractivity contribution in [1.82, 2.24) is 10.2 Å². The first kappa shape index (κ1) is 16.3. The first-order valence-corrected chi connectivity index (χ1v) is 6.09. The lowest BCUT2D eigenvalue weighted by Crippen LogP contribution is -2.29. The number of halogens is 3. The zero-order chi connectivity index (χ0) is 15.2. The molecule has 0 heterocycles. The van der Waals surface area contributed by atoms with Crippen LogP contribution in [0.4, 0.5) is 13.2 Å². The highest BCUT2D eigenvalue weighted by molar-refractivity contribution is 5.94. The Morgan fingerprint density at radius 3 is 2.40 bits per heavy atom. The zero-order valence-corrected chi connectivity index (χ0v) is 11.3. The highest BCUT2D eigenvalue weighted by Crippen LogP contribution is 2.22. The van der Waals surface area contributed by atoms with Crippen molar-refractivity contribution < 1.29 is 22.7 Å². The van der Waals surface area contributed by atoms with Gasteiger partial charge in [-0.3, -0.25) is 4.79 Å². The van der Waals surface area contributed by atoms with E-state index in [4.69, 9.17) is 0 Å². The van der Waals surface area contributed by atoms with E-state index in [1.54, 1.807) is 7.05 Å². The number of nitrogens with one attached hydrogen (secondary N) is 1. The van der Waals surface area contributed by atoms with Gasteiger partial charge in [-0.1, -0.05) is 0 Å². The molecule has 1 amide bonds. The van der Waals surface area contributed by atoms with Crippen LogP contribution in [0.25, 0.3) is 0 Å². The van der Waals surface area contributed by atoms with Gasteiger partial charge in [-0.25, -0.2) is 0 Å². The molecule has 0 aromatic heterocycles. The molecule has 0 atom stereocenters. The Morgan fingerprint density at radius 2 is 1.90 bits per heavy atom. The monoisotopic (exact) mass is 290 g/mol. The summed E-state index contributed by atoms with van der Waals surface area (Å²) in [5, 5.41) is 2.97. The molecule has 0 fully saturated rings. The fourth-order valence-corrected chi connectivity index (χ4v) is 1.61. The Balaban J connectivity index is 2.61. The van der Waals surface area contributed by atoms with Gasteiger partial charge in [0.15, 0.2) is 0 Å². The lowest BCUT2D eigenvalue weighted by atomic mass is 10.2. The van der Waals surface area contributed by atoms with Gasteiger partial charge >= 0.3 is 6.36 Å². The second-order valence-corrected chi connectivity index (χ2v) is 4.26. The standard InChI is InChI=1S/C13H17F3N2O2/c1-17-8-3-9-18(2)12(19)10-4-6-11(7-5-10)20-13(14,15)16/h4-7,17H,3,8-9H2,1-2H3.